The van der Waals surface area contributed by atoms with Gasteiger partial charge in [0.15, 0.2) is 0 Å². The van der Waals surface area contributed by atoms with Crippen LogP contribution in [0, 0.1) is 5.92 Å². The van der Waals surface area contributed by atoms with E-state index in [1.807, 2.05) is 0 Å². The lowest BCUT2D eigenvalue weighted by Crippen LogP contribution is -2.46. The molecule has 1 saturated carbocycles. The largest absolute Gasteiger partial charge is 0.317 e. The summed E-state index contributed by atoms with van der Waals surface area (Å²) < 4.78 is 0. The van der Waals surface area contributed by atoms with Gasteiger partial charge in [0.2, 0.25) is 0 Å². The van der Waals surface area contributed by atoms with E-state index in [9.17, 15) is 0 Å². The molecule has 0 radical (unpaired) electrons. The number of hydrogen-bond donors (Lipinski definition) is 2. The van der Waals surface area contributed by atoms with Gasteiger partial charge in [-0.05, 0) is 51.6 Å². The topological polar surface area (TPSA) is 24.1 Å². The highest BCUT2D eigenvalue weighted by molar-refractivity contribution is 4.82. The molecular formula is C13H26N2. The highest BCUT2D eigenvalue weighted by atomic mass is 15.0. The lowest BCUT2D eigenvalue weighted by molar-refractivity contribution is 0.247. The molecule has 2 fully saturated rings. The maximum atomic E-state index is 3.85. The van der Waals surface area contributed by atoms with E-state index in [2.05, 4.69) is 17.6 Å². The minimum absolute atomic E-state index is 0.744. The molecule has 2 aliphatic rings. The van der Waals surface area contributed by atoms with Crippen molar-refractivity contribution in [3.05, 3.63) is 0 Å². The van der Waals surface area contributed by atoms with E-state index in [0.717, 1.165) is 18.0 Å². The molecule has 1 unspecified atom stereocenters. The predicted molar refractivity (Wildman–Crippen MR) is 65.1 cm³/mol. The Labute approximate surface area is 94.2 Å². The van der Waals surface area contributed by atoms with Crippen LogP contribution in [0.2, 0.25) is 0 Å². The van der Waals surface area contributed by atoms with Crippen LogP contribution in [0.1, 0.15) is 51.9 Å². The van der Waals surface area contributed by atoms with Crippen LogP contribution >= 0.6 is 0 Å². The highest BCUT2D eigenvalue weighted by Gasteiger charge is 2.22. The van der Waals surface area contributed by atoms with E-state index in [1.165, 1.54) is 58.0 Å². The molecule has 0 aromatic carbocycles. The van der Waals surface area contributed by atoms with Gasteiger partial charge >= 0.3 is 0 Å². The SMILES string of the molecule is CC(NC1CCNCC1)C1CCCCC1. The van der Waals surface area contributed by atoms with E-state index in [1.54, 1.807) is 0 Å². The Kier molecular flexibility index (Phi) is 4.45. The van der Waals surface area contributed by atoms with Gasteiger partial charge in [0.25, 0.3) is 0 Å². The summed E-state index contributed by atoms with van der Waals surface area (Å²) in [4.78, 5) is 0. The first-order valence-corrected chi connectivity index (χ1v) is 6.83. The van der Waals surface area contributed by atoms with Crippen molar-refractivity contribution in [1.82, 2.24) is 10.6 Å². The summed E-state index contributed by atoms with van der Waals surface area (Å²) in [5, 5.41) is 7.28. The monoisotopic (exact) mass is 210 g/mol. The van der Waals surface area contributed by atoms with Crippen LogP contribution in [-0.2, 0) is 0 Å². The van der Waals surface area contributed by atoms with Gasteiger partial charge in [-0.15, -0.1) is 0 Å². The first kappa shape index (κ1) is 11.4. The van der Waals surface area contributed by atoms with Gasteiger partial charge in [0, 0.05) is 12.1 Å². The third-order valence-corrected chi connectivity index (χ3v) is 4.19. The lowest BCUT2D eigenvalue weighted by atomic mass is 9.84. The molecule has 88 valence electrons. The molecular weight excluding hydrogens is 184 g/mol. The second kappa shape index (κ2) is 5.86. The van der Waals surface area contributed by atoms with Crippen LogP contribution in [0.15, 0.2) is 0 Å². The summed E-state index contributed by atoms with van der Waals surface area (Å²) in [5.74, 6) is 0.952. The zero-order valence-corrected chi connectivity index (χ0v) is 10.1. The smallest absolute Gasteiger partial charge is 0.00938 e. The third kappa shape index (κ3) is 3.46. The van der Waals surface area contributed by atoms with Gasteiger partial charge in [0.1, 0.15) is 0 Å². The Morgan fingerprint density at radius 1 is 1.00 bits per heavy atom. The van der Waals surface area contributed by atoms with Crippen molar-refractivity contribution in [2.75, 3.05) is 13.1 Å². The molecule has 1 atom stereocenters. The molecule has 1 aliphatic carbocycles. The Bertz CT molecular complexity index is 169. The van der Waals surface area contributed by atoms with Crippen molar-refractivity contribution in [2.45, 2.75) is 64.0 Å². The number of nitrogens with one attached hydrogen (secondary N) is 2. The lowest BCUT2D eigenvalue weighted by Gasteiger charge is -2.33. The summed E-state index contributed by atoms with van der Waals surface area (Å²) >= 11 is 0. The minimum atomic E-state index is 0.744. The number of rotatable bonds is 3. The third-order valence-electron chi connectivity index (χ3n) is 4.19. The molecule has 15 heavy (non-hydrogen) atoms. The standard InChI is InChI=1S/C13H26N2/c1-11(12-5-3-2-4-6-12)15-13-7-9-14-10-8-13/h11-15H,2-10H2,1H3. The van der Waals surface area contributed by atoms with Crippen molar-refractivity contribution in [2.24, 2.45) is 5.92 Å². The summed E-state index contributed by atoms with van der Waals surface area (Å²) in [5.41, 5.74) is 0. The molecule has 2 heteroatoms. The maximum Gasteiger partial charge on any atom is 0.00938 e. The first-order chi connectivity index (χ1) is 7.36. The Balaban J connectivity index is 1.72. The van der Waals surface area contributed by atoms with E-state index in [-0.39, 0.29) is 0 Å². The Hall–Kier alpha value is -0.0800. The average Bonchev–Trinajstić information content (AvgIpc) is 2.31. The van der Waals surface area contributed by atoms with Crippen molar-refractivity contribution in [3.8, 4) is 0 Å². The fourth-order valence-electron chi connectivity index (χ4n) is 3.13. The van der Waals surface area contributed by atoms with E-state index < -0.39 is 0 Å². The molecule has 0 aromatic rings. The first-order valence-electron chi connectivity index (χ1n) is 6.83. The highest BCUT2D eigenvalue weighted by Crippen LogP contribution is 2.26. The van der Waals surface area contributed by atoms with Gasteiger partial charge in [0.05, 0.1) is 0 Å². The van der Waals surface area contributed by atoms with Gasteiger partial charge in [-0.25, -0.2) is 0 Å². The Morgan fingerprint density at radius 3 is 2.33 bits per heavy atom. The summed E-state index contributed by atoms with van der Waals surface area (Å²) in [6.07, 6.45) is 9.94. The molecule has 2 rings (SSSR count). The van der Waals surface area contributed by atoms with Crippen molar-refractivity contribution >= 4 is 0 Å². The maximum absolute atomic E-state index is 3.85. The van der Waals surface area contributed by atoms with Crippen molar-refractivity contribution < 1.29 is 0 Å². The van der Waals surface area contributed by atoms with Crippen LogP contribution in [0.3, 0.4) is 0 Å². The molecule has 1 saturated heterocycles. The molecule has 0 aromatic heterocycles. The number of hydrogen-bond acceptors (Lipinski definition) is 2. The minimum Gasteiger partial charge on any atom is -0.317 e. The number of piperidine rings is 1. The quantitative estimate of drug-likeness (QED) is 0.747. The fraction of sp³-hybridized carbons (Fsp3) is 1.00. The average molecular weight is 210 g/mol. The van der Waals surface area contributed by atoms with Crippen LogP contribution in [0.4, 0.5) is 0 Å². The van der Waals surface area contributed by atoms with Crippen LogP contribution in [0.25, 0.3) is 0 Å². The molecule has 0 amide bonds. The normalized spacial score (nSPS) is 27.8. The van der Waals surface area contributed by atoms with Gasteiger partial charge in [-0.2, -0.15) is 0 Å². The Morgan fingerprint density at radius 2 is 1.67 bits per heavy atom. The van der Waals surface area contributed by atoms with Crippen LogP contribution in [0.5, 0.6) is 0 Å². The van der Waals surface area contributed by atoms with Gasteiger partial charge < -0.3 is 10.6 Å². The summed E-state index contributed by atoms with van der Waals surface area (Å²) in [7, 11) is 0. The zero-order chi connectivity index (χ0) is 10.5. The second-order valence-corrected chi connectivity index (χ2v) is 5.38. The predicted octanol–water partition coefficient (Wildman–Crippen LogP) is 2.30. The molecule has 2 N–H and O–H groups in total. The van der Waals surface area contributed by atoms with Gasteiger partial charge in [-0.3, -0.25) is 0 Å². The van der Waals surface area contributed by atoms with E-state index in [0.29, 0.717) is 0 Å². The van der Waals surface area contributed by atoms with Crippen LogP contribution in [-0.4, -0.2) is 25.2 Å². The summed E-state index contributed by atoms with van der Waals surface area (Å²) in [6, 6.07) is 1.52. The van der Waals surface area contributed by atoms with Crippen molar-refractivity contribution in [3.63, 3.8) is 0 Å². The second-order valence-electron chi connectivity index (χ2n) is 5.38. The molecule has 1 aliphatic heterocycles. The molecule has 0 spiro atoms. The van der Waals surface area contributed by atoms with Gasteiger partial charge in [-0.1, -0.05) is 19.3 Å². The van der Waals surface area contributed by atoms with E-state index >= 15 is 0 Å². The fourth-order valence-corrected chi connectivity index (χ4v) is 3.13. The van der Waals surface area contributed by atoms with Crippen molar-refractivity contribution in [1.29, 1.82) is 0 Å². The van der Waals surface area contributed by atoms with E-state index in [4.69, 9.17) is 0 Å². The molecule has 1 heterocycles. The summed E-state index contributed by atoms with van der Waals surface area (Å²) in [6.45, 7) is 4.81. The molecule has 0 bridgehead atoms. The zero-order valence-electron chi connectivity index (χ0n) is 10.1. The molecule has 2 nitrogen and oxygen atoms in total. The van der Waals surface area contributed by atoms with Crippen LogP contribution < -0.4 is 10.6 Å².